The van der Waals surface area contributed by atoms with Crippen LogP contribution in [0.5, 0.6) is 0 Å². The Morgan fingerprint density at radius 2 is 2.00 bits per heavy atom. The zero-order valence-electron chi connectivity index (χ0n) is 12.2. The fraction of sp³-hybridized carbons (Fsp3) is 0.588. The lowest BCUT2D eigenvalue weighted by atomic mass is 9.74. The molecule has 1 aromatic rings. The number of nitrogens with two attached hydrogens (primary N) is 1. The van der Waals surface area contributed by atoms with Crippen molar-refractivity contribution in [2.24, 2.45) is 5.92 Å². The summed E-state index contributed by atoms with van der Waals surface area (Å²) in [6.45, 7) is 0.687. The van der Waals surface area contributed by atoms with E-state index in [1.165, 1.54) is 19.3 Å². The van der Waals surface area contributed by atoms with Crippen LogP contribution >= 0.6 is 11.6 Å². The summed E-state index contributed by atoms with van der Waals surface area (Å²) in [6.07, 6.45) is 7.54. The highest BCUT2D eigenvalue weighted by Gasteiger charge is 2.40. The van der Waals surface area contributed by atoms with Gasteiger partial charge < -0.3 is 10.5 Å². The van der Waals surface area contributed by atoms with E-state index in [4.69, 9.17) is 22.1 Å². The summed E-state index contributed by atoms with van der Waals surface area (Å²) in [5, 5.41) is 0.526. The van der Waals surface area contributed by atoms with Gasteiger partial charge in [-0.1, -0.05) is 30.9 Å². The molecule has 4 heteroatoms. The molecule has 1 atom stereocenters. The molecule has 1 saturated carbocycles. The van der Waals surface area contributed by atoms with Gasteiger partial charge in [0.15, 0.2) is 5.78 Å². The summed E-state index contributed by atoms with van der Waals surface area (Å²) in [4.78, 5) is 12.8. The summed E-state index contributed by atoms with van der Waals surface area (Å²) in [5.41, 5.74) is 6.93. The normalized spacial score (nSPS) is 24.9. The van der Waals surface area contributed by atoms with Crippen molar-refractivity contribution >= 4 is 23.1 Å². The van der Waals surface area contributed by atoms with Crippen LogP contribution in [0.15, 0.2) is 18.2 Å². The lowest BCUT2D eigenvalue weighted by Gasteiger charge is -2.43. The van der Waals surface area contributed by atoms with Crippen LogP contribution in [0, 0.1) is 5.92 Å². The number of ether oxygens (including phenoxy) is 1. The van der Waals surface area contributed by atoms with Gasteiger partial charge in [-0.2, -0.15) is 0 Å². The number of hydrogen-bond donors (Lipinski definition) is 1. The molecular formula is C17H22ClNO2. The van der Waals surface area contributed by atoms with Crippen LogP contribution in [0.3, 0.4) is 0 Å². The third kappa shape index (κ3) is 3.24. The Hall–Kier alpha value is -1.06. The van der Waals surface area contributed by atoms with E-state index < -0.39 is 0 Å². The molecule has 1 saturated heterocycles. The maximum absolute atomic E-state index is 12.8. The number of carbonyl (C=O) groups excluding carboxylic acids is 1. The molecule has 1 aromatic carbocycles. The van der Waals surface area contributed by atoms with Crippen molar-refractivity contribution in [3.8, 4) is 0 Å². The minimum atomic E-state index is -0.0546. The molecule has 0 aromatic heterocycles. The number of benzene rings is 1. The number of rotatable bonds is 2. The molecule has 1 heterocycles. The highest BCUT2D eigenvalue weighted by molar-refractivity contribution is 6.31. The van der Waals surface area contributed by atoms with Crippen LogP contribution in [0.1, 0.15) is 55.3 Å². The second-order valence-corrected chi connectivity index (χ2v) is 6.86. The summed E-state index contributed by atoms with van der Waals surface area (Å²) < 4.78 is 6.07. The fourth-order valence-corrected chi connectivity index (χ4v) is 4.03. The molecule has 1 unspecified atom stereocenters. The quantitative estimate of drug-likeness (QED) is 0.657. The third-order valence-electron chi connectivity index (χ3n) is 4.83. The number of Topliss-reactive ketones (excluding diaryl/α,β-unsaturated/α-hetero) is 1. The minimum Gasteiger partial charge on any atom is -0.399 e. The van der Waals surface area contributed by atoms with Gasteiger partial charge in [-0.15, -0.1) is 0 Å². The first-order chi connectivity index (χ1) is 10.1. The molecule has 0 amide bonds. The van der Waals surface area contributed by atoms with E-state index in [0.717, 1.165) is 25.7 Å². The van der Waals surface area contributed by atoms with Gasteiger partial charge in [0.05, 0.1) is 5.60 Å². The van der Waals surface area contributed by atoms with Crippen LogP contribution in [-0.2, 0) is 4.74 Å². The zero-order valence-corrected chi connectivity index (χ0v) is 13.0. The predicted octanol–water partition coefficient (Wildman–Crippen LogP) is 4.23. The Morgan fingerprint density at radius 1 is 1.24 bits per heavy atom. The smallest absolute Gasteiger partial charge is 0.166 e. The molecule has 1 aliphatic carbocycles. The number of ketones is 1. The summed E-state index contributed by atoms with van der Waals surface area (Å²) >= 11 is 6.02. The standard InChI is InChI=1S/C17H22ClNO2/c18-14-8-13(9-15(19)10-14)16(20)12-4-7-21-17(11-12)5-2-1-3-6-17/h8-10,12H,1-7,11,19H2. The van der Waals surface area contributed by atoms with Crippen LogP contribution < -0.4 is 5.73 Å². The van der Waals surface area contributed by atoms with Crippen molar-refractivity contribution in [3.05, 3.63) is 28.8 Å². The van der Waals surface area contributed by atoms with Crippen molar-refractivity contribution in [2.75, 3.05) is 12.3 Å². The van der Waals surface area contributed by atoms with Gasteiger partial charge in [0.1, 0.15) is 0 Å². The van der Waals surface area contributed by atoms with Crippen LogP contribution in [0.25, 0.3) is 0 Å². The summed E-state index contributed by atoms with van der Waals surface area (Å²) in [5.74, 6) is 0.201. The third-order valence-corrected chi connectivity index (χ3v) is 5.05. The number of carbonyl (C=O) groups is 1. The van der Waals surface area contributed by atoms with E-state index in [9.17, 15) is 4.79 Å². The van der Waals surface area contributed by atoms with Crippen molar-refractivity contribution in [2.45, 2.75) is 50.5 Å². The van der Waals surface area contributed by atoms with Crippen molar-refractivity contribution < 1.29 is 9.53 Å². The molecule has 1 aliphatic heterocycles. The van der Waals surface area contributed by atoms with E-state index in [1.807, 2.05) is 0 Å². The van der Waals surface area contributed by atoms with Crippen LogP contribution in [0.2, 0.25) is 5.02 Å². The lowest BCUT2D eigenvalue weighted by molar-refractivity contribution is -0.111. The Morgan fingerprint density at radius 3 is 2.71 bits per heavy atom. The van der Waals surface area contributed by atoms with Gasteiger partial charge in [0, 0.05) is 28.8 Å². The Labute approximate surface area is 130 Å². The topological polar surface area (TPSA) is 52.3 Å². The summed E-state index contributed by atoms with van der Waals surface area (Å²) in [6, 6.07) is 5.13. The molecule has 2 N–H and O–H groups in total. The molecule has 2 fully saturated rings. The molecule has 0 radical (unpaired) electrons. The SMILES string of the molecule is Nc1cc(Cl)cc(C(=O)C2CCOC3(CCCCC3)C2)c1. The molecule has 3 nitrogen and oxygen atoms in total. The predicted molar refractivity (Wildman–Crippen MR) is 84.7 cm³/mol. The number of halogens is 1. The van der Waals surface area contributed by atoms with Gasteiger partial charge in [-0.25, -0.2) is 0 Å². The molecule has 3 rings (SSSR count). The van der Waals surface area contributed by atoms with E-state index in [1.54, 1.807) is 18.2 Å². The largest absolute Gasteiger partial charge is 0.399 e. The fourth-order valence-electron chi connectivity index (χ4n) is 3.79. The zero-order chi connectivity index (χ0) is 14.9. The minimum absolute atomic E-state index is 0.0368. The number of nitrogen functional groups attached to an aromatic ring is 1. The van der Waals surface area contributed by atoms with Gasteiger partial charge in [0.25, 0.3) is 0 Å². The first-order valence-corrected chi connectivity index (χ1v) is 8.20. The average Bonchev–Trinajstić information content (AvgIpc) is 2.46. The van der Waals surface area contributed by atoms with E-state index in [-0.39, 0.29) is 17.3 Å². The van der Waals surface area contributed by atoms with Crippen molar-refractivity contribution in [1.82, 2.24) is 0 Å². The van der Waals surface area contributed by atoms with Gasteiger partial charge >= 0.3 is 0 Å². The Kier molecular flexibility index (Phi) is 4.23. The first-order valence-electron chi connectivity index (χ1n) is 7.82. The molecule has 1 spiro atoms. The molecule has 0 bridgehead atoms. The van der Waals surface area contributed by atoms with E-state index >= 15 is 0 Å². The molecule has 21 heavy (non-hydrogen) atoms. The highest BCUT2D eigenvalue weighted by atomic mass is 35.5. The van der Waals surface area contributed by atoms with Gasteiger partial charge in [-0.3, -0.25) is 4.79 Å². The van der Waals surface area contributed by atoms with Gasteiger partial charge in [0.2, 0.25) is 0 Å². The monoisotopic (exact) mass is 307 g/mol. The second-order valence-electron chi connectivity index (χ2n) is 6.42. The second kappa shape index (κ2) is 5.98. The first kappa shape index (κ1) is 14.9. The molecule has 2 aliphatic rings. The maximum Gasteiger partial charge on any atom is 0.166 e. The number of hydrogen-bond acceptors (Lipinski definition) is 3. The molecule has 114 valence electrons. The summed E-state index contributed by atoms with van der Waals surface area (Å²) in [7, 11) is 0. The van der Waals surface area contributed by atoms with Crippen LogP contribution in [0.4, 0.5) is 5.69 Å². The number of anilines is 1. The Balaban J connectivity index is 1.77. The van der Waals surface area contributed by atoms with Crippen molar-refractivity contribution in [3.63, 3.8) is 0 Å². The van der Waals surface area contributed by atoms with E-state index in [0.29, 0.717) is 22.9 Å². The van der Waals surface area contributed by atoms with E-state index in [2.05, 4.69) is 0 Å². The highest BCUT2D eigenvalue weighted by Crippen LogP contribution is 2.41. The van der Waals surface area contributed by atoms with Gasteiger partial charge in [-0.05, 0) is 43.9 Å². The van der Waals surface area contributed by atoms with Crippen molar-refractivity contribution in [1.29, 1.82) is 0 Å². The average molecular weight is 308 g/mol. The molecular weight excluding hydrogens is 286 g/mol. The lowest BCUT2D eigenvalue weighted by Crippen LogP contribution is -2.43. The Bertz CT molecular complexity index is 512. The maximum atomic E-state index is 12.8. The van der Waals surface area contributed by atoms with Crippen LogP contribution in [-0.4, -0.2) is 18.0 Å².